The molecule has 9 heteroatoms. The monoisotopic (exact) mass is 521 g/mol. The Morgan fingerprint density at radius 3 is 2.41 bits per heavy atom. The predicted octanol–water partition coefficient (Wildman–Crippen LogP) is 4.78. The molecule has 3 heterocycles. The number of amides is 2. The molecule has 2 amide bonds. The van der Waals surface area contributed by atoms with Gasteiger partial charge in [0.25, 0.3) is 11.7 Å². The number of rotatable bonds is 9. The van der Waals surface area contributed by atoms with Crippen LogP contribution in [0.1, 0.15) is 67.3 Å². The molecule has 0 unspecified atom stereocenters. The third-order valence-electron chi connectivity index (χ3n) is 7.35. The maximum atomic E-state index is 13.7. The number of nitrogens with zero attached hydrogens (tertiary/aromatic N) is 3. The fourth-order valence-electron chi connectivity index (χ4n) is 5.22. The Labute approximate surface area is 222 Å². The topological polar surface area (TPSA) is 103 Å². The maximum absolute atomic E-state index is 13.7. The number of H-pyrrole nitrogens is 1. The zero-order chi connectivity index (χ0) is 26.3. The highest BCUT2D eigenvalue weighted by Gasteiger charge is 2.49. The van der Waals surface area contributed by atoms with Crippen LogP contribution in [0, 0.1) is 31.6 Å². The van der Waals surface area contributed by atoms with Gasteiger partial charge in [-0.1, -0.05) is 0 Å². The number of nitrogens with one attached hydrogen (secondary N) is 3. The molecular formula is C28H34ClN6O2+. The number of carbonyl (C=O) groups excluding carboxylic acids is 2. The molecule has 3 aromatic heterocycles. The van der Waals surface area contributed by atoms with Gasteiger partial charge in [-0.25, -0.2) is 15.1 Å². The van der Waals surface area contributed by atoms with Gasteiger partial charge in [0, 0.05) is 41.3 Å². The molecule has 2 fully saturated rings. The molecule has 0 bridgehead atoms. The van der Waals surface area contributed by atoms with E-state index in [1.54, 1.807) is 23.0 Å². The summed E-state index contributed by atoms with van der Waals surface area (Å²) in [6.45, 7) is 7.88. The summed E-state index contributed by atoms with van der Waals surface area (Å²) < 4.78 is 1.68. The van der Waals surface area contributed by atoms with Crippen molar-refractivity contribution in [3.8, 4) is 11.1 Å². The van der Waals surface area contributed by atoms with Crippen molar-refractivity contribution in [2.75, 3.05) is 5.32 Å². The van der Waals surface area contributed by atoms with Crippen LogP contribution in [0.15, 0.2) is 36.7 Å². The van der Waals surface area contributed by atoms with Crippen molar-refractivity contribution in [3.63, 3.8) is 0 Å². The Hall–Kier alpha value is -3.26. The van der Waals surface area contributed by atoms with Crippen molar-refractivity contribution in [3.05, 3.63) is 58.8 Å². The summed E-state index contributed by atoms with van der Waals surface area (Å²) in [5, 5.41) is 10.8. The Morgan fingerprint density at radius 2 is 1.78 bits per heavy atom. The van der Waals surface area contributed by atoms with Crippen LogP contribution in [0.2, 0.25) is 5.15 Å². The van der Waals surface area contributed by atoms with Crippen LogP contribution in [0.3, 0.4) is 0 Å². The van der Waals surface area contributed by atoms with Gasteiger partial charge in [-0.3, -0.25) is 14.5 Å². The number of aromatic nitrogens is 4. The quantitative estimate of drug-likeness (QED) is 0.395. The van der Waals surface area contributed by atoms with Crippen molar-refractivity contribution in [2.45, 2.75) is 65.5 Å². The van der Waals surface area contributed by atoms with E-state index in [9.17, 15) is 9.59 Å². The Bertz CT molecular complexity index is 1320. The normalized spacial score (nSPS) is 16.2. The molecule has 1 atom stereocenters. The highest BCUT2D eigenvalue weighted by molar-refractivity contribution is 6.31. The van der Waals surface area contributed by atoms with Crippen molar-refractivity contribution in [2.24, 2.45) is 17.8 Å². The molecular weight excluding hydrogens is 488 g/mol. The second-order valence-electron chi connectivity index (χ2n) is 10.7. The summed E-state index contributed by atoms with van der Waals surface area (Å²) in [5.41, 5.74) is 4.12. The number of carbonyl (C=O) groups is 2. The van der Waals surface area contributed by atoms with E-state index < -0.39 is 6.04 Å². The van der Waals surface area contributed by atoms with Gasteiger partial charge in [0.05, 0.1) is 0 Å². The number of hydrogen-bond donors (Lipinski definition) is 2. The van der Waals surface area contributed by atoms with Gasteiger partial charge in [0.2, 0.25) is 5.15 Å². The van der Waals surface area contributed by atoms with Crippen LogP contribution < -0.4 is 15.6 Å². The maximum Gasteiger partial charge on any atom is 0.330 e. The van der Waals surface area contributed by atoms with Gasteiger partial charge in [0.15, 0.2) is 0 Å². The molecule has 194 valence electrons. The Morgan fingerprint density at radius 1 is 1.08 bits per heavy atom. The minimum absolute atomic E-state index is 0.0354. The van der Waals surface area contributed by atoms with Crippen molar-refractivity contribution in [1.29, 1.82) is 0 Å². The fourth-order valence-corrected chi connectivity index (χ4v) is 5.48. The minimum Gasteiger partial charge on any atom is -0.337 e. The molecule has 3 N–H and O–H groups in total. The molecule has 0 aromatic carbocycles. The van der Waals surface area contributed by atoms with E-state index in [1.807, 2.05) is 46.0 Å². The van der Waals surface area contributed by atoms with Crippen LogP contribution in [-0.4, -0.2) is 32.6 Å². The summed E-state index contributed by atoms with van der Waals surface area (Å²) in [5.74, 6) is 1.01. The van der Waals surface area contributed by atoms with Crippen LogP contribution in [0.25, 0.3) is 11.1 Å². The first kappa shape index (κ1) is 25.4. The first-order chi connectivity index (χ1) is 17.7. The summed E-state index contributed by atoms with van der Waals surface area (Å²) >= 11 is 6.62. The average molecular weight is 522 g/mol. The molecule has 0 radical (unpaired) electrons. The van der Waals surface area contributed by atoms with E-state index in [1.165, 1.54) is 0 Å². The SMILES string of the molecule is Cc1cnc(C)c(-c2ccc(NC(=O)[C@@H](NC(=O)c3ccnn3C(C)C)C(C3CC3)C3CC3)[nH+]c2Cl)c1. The summed E-state index contributed by atoms with van der Waals surface area (Å²) in [6.07, 6.45) is 7.84. The largest absolute Gasteiger partial charge is 0.337 e. The second-order valence-corrected chi connectivity index (χ2v) is 11.1. The molecule has 0 spiro atoms. The number of aryl methyl sites for hydroxylation is 2. The van der Waals surface area contributed by atoms with Crippen LogP contribution >= 0.6 is 11.6 Å². The lowest BCUT2D eigenvalue weighted by Gasteiger charge is -2.25. The Kier molecular flexibility index (Phi) is 7.03. The number of pyridine rings is 2. The molecule has 2 saturated carbocycles. The third-order valence-corrected chi connectivity index (χ3v) is 7.65. The summed E-state index contributed by atoms with van der Waals surface area (Å²) in [4.78, 5) is 34.6. The van der Waals surface area contributed by atoms with E-state index in [0.717, 1.165) is 48.1 Å². The highest BCUT2D eigenvalue weighted by atomic mass is 35.5. The van der Waals surface area contributed by atoms with E-state index in [0.29, 0.717) is 28.5 Å². The van der Waals surface area contributed by atoms with E-state index in [4.69, 9.17) is 11.6 Å². The minimum atomic E-state index is -0.641. The van der Waals surface area contributed by atoms with Crippen LogP contribution in [-0.2, 0) is 4.79 Å². The lowest BCUT2D eigenvalue weighted by molar-refractivity contribution is -0.357. The molecule has 0 saturated heterocycles. The van der Waals surface area contributed by atoms with Crippen molar-refractivity contribution < 1.29 is 14.6 Å². The van der Waals surface area contributed by atoms with Gasteiger partial charge < -0.3 is 5.32 Å². The van der Waals surface area contributed by atoms with E-state index >= 15 is 0 Å². The lowest BCUT2D eigenvalue weighted by atomic mass is 9.88. The first-order valence-electron chi connectivity index (χ1n) is 13.0. The van der Waals surface area contributed by atoms with Gasteiger partial charge in [-0.05, 0) is 106 Å². The van der Waals surface area contributed by atoms with Gasteiger partial charge in [-0.15, -0.1) is 0 Å². The molecule has 3 aromatic rings. The number of anilines is 1. The van der Waals surface area contributed by atoms with Gasteiger partial charge in [0.1, 0.15) is 11.7 Å². The number of aromatic amines is 1. The van der Waals surface area contributed by atoms with Crippen LogP contribution in [0.4, 0.5) is 5.82 Å². The smallest absolute Gasteiger partial charge is 0.330 e. The molecule has 5 rings (SSSR count). The molecule has 8 nitrogen and oxygen atoms in total. The summed E-state index contributed by atoms with van der Waals surface area (Å²) in [7, 11) is 0. The third kappa shape index (κ3) is 5.54. The number of hydrogen-bond acceptors (Lipinski definition) is 4. The first-order valence-corrected chi connectivity index (χ1v) is 13.4. The van der Waals surface area contributed by atoms with Gasteiger partial charge in [-0.2, -0.15) is 5.10 Å². The van der Waals surface area contributed by atoms with E-state index in [-0.39, 0.29) is 23.8 Å². The lowest BCUT2D eigenvalue weighted by Crippen LogP contribution is -2.50. The molecule has 2 aliphatic rings. The van der Waals surface area contributed by atoms with E-state index in [2.05, 4.69) is 25.7 Å². The van der Waals surface area contributed by atoms with Crippen molar-refractivity contribution >= 4 is 29.2 Å². The molecule has 37 heavy (non-hydrogen) atoms. The highest BCUT2D eigenvalue weighted by Crippen LogP contribution is 2.51. The molecule has 0 aliphatic heterocycles. The average Bonchev–Trinajstić information content (AvgIpc) is 3.80. The Balaban J connectivity index is 1.39. The molecule has 2 aliphatic carbocycles. The second kappa shape index (κ2) is 10.2. The number of halogens is 1. The van der Waals surface area contributed by atoms with Gasteiger partial charge >= 0.3 is 5.91 Å². The zero-order valence-electron chi connectivity index (χ0n) is 21.7. The summed E-state index contributed by atoms with van der Waals surface area (Å²) in [6, 6.07) is 6.82. The predicted molar refractivity (Wildman–Crippen MR) is 142 cm³/mol. The van der Waals surface area contributed by atoms with Crippen LogP contribution in [0.5, 0.6) is 0 Å². The zero-order valence-corrected chi connectivity index (χ0v) is 22.5. The van der Waals surface area contributed by atoms with Crippen molar-refractivity contribution in [1.82, 2.24) is 20.1 Å². The fraction of sp³-hybridized carbons (Fsp3) is 0.464. The standard InChI is InChI=1S/C28H33ClN6O2/c1-15(2)35-22(11-12-31-35)27(36)34-25(24(18-5-6-18)19-7-8-19)28(37)33-23-10-9-20(26(29)32-23)21-13-16(3)14-30-17(21)4/h9-15,18-19,24-25H,5-8H2,1-4H3,(H,34,36)(H,32,33,37)/p+1/t25-/m0/s1.